The van der Waals surface area contributed by atoms with Crippen molar-refractivity contribution in [1.82, 2.24) is 15.0 Å². The van der Waals surface area contributed by atoms with Crippen LogP contribution in [0.25, 0.3) is 78.4 Å². The number of aromatic nitrogens is 3. The topological polar surface area (TPSA) is 51.8 Å². The predicted molar refractivity (Wildman–Crippen MR) is 201 cm³/mol. The molecule has 10 radical (unpaired) electrons. The van der Waals surface area contributed by atoms with E-state index >= 15 is 0 Å². The first kappa shape index (κ1) is 29.8. The average Bonchev–Trinajstić information content (AvgIpc) is 3.52. The third-order valence-corrected chi connectivity index (χ3v) is 8.64. The van der Waals surface area contributed by atoms with Crippen LogP contribution in [0.1, 0.15) is 0 Å². The van der Waals surface area contributed by atoms with Crippen molar-refractivity contribution in [2.24, 2.45) is 0 Å². The summed E-state index contributed by atoms with van der Waals surface area (Å²) in [5.74, 6) is 1.56. The van der Waals surface area contributed by atoms with E-state index in [-0.39, 0.29) is 27.3 Å². The molecule has 2 heterocycles. The molecule has 0 amide bonds. The molecule has 0 unspecified atom stereocenters. The number of hydrogen-bond donors (Lipinski definition) is 0. The van der Waals surface area contributed by atoms with E-state index in [1.165, 1.54) is 0 Å². The normalized spacial score (nSPS) is 11.3. The molecule has 0 saturated carbocycles. The molecule has 4 nitrogen and oxygen atoms in total. The Kier molecular flexibility index (Phi) is 7.41. The van der Waals surface area contributed by atoms with Gasteiger partial charge in [-0.05, 0) is 40.5 Å². The quantitative estimate of drug-likeness (QED) is 0.280. The van der Waals surface area contributed by atoms with Gasteiger partial charge in [-0.25, -0.2) is 15.0 Å². The first-order valence-electron chi connectivity index (χ1n) is 15.3. The van der Waals surface area contributed by atoms with Crippen molar-refractivity contribution in [2.45, 2.75) is 0 Å². The van der Waals surface area contributed by atoms with Crippen LogP contribution in [0.3, 0.4) is 0 Å². The van der Waals surface area contributed by atoms with Crippen molar-refractivity contribution in [3.8, 4) is 56.4 Å². The predicted octanol–water partition coefficient (Wildman–Crippen LogP) is 4.08. The molecule has 8 rings (SSSR count). The first-order chi connectivity index (χ1) is 23.4. The number of furan rings is 1. The number of hydrogen-bond acceptors (Lipinski definition) is 4. The lowest BCUT2D eigenvalue weighted by Crippen LogP contribution is -2.55. The summed E-state index contributed by atoms with van der Waals surface area (Å²) in [6.07, 6.45) is 0. The van der Waals surface area contributed by atoms with Gasteiger partial charge < -0.3 is 4.42 Å². The Labute approximate surface area is 284 Å². The maximum Gasteiger partial charge on any atom is 0.164 e. The molecule has 9 heteroatoms. The van der Waals surface area contributed by atoms with Crippen LogP contribution in [0.5, 0.6) is 0 Å². The van der Waals surface area contributed by atoms with Gasteiger partial charge in [-0.1, -0.05) is 114 Å². The summed E-state index contributed by atoms with van der Waals surface area (Å²) < 4.78 is 6.32. The lowest BCUT2D eigenvalue weighted by atomic mass is 9.59. The lowest BCUT2D eigenvalue weighted by Gasteiger charge is -2.21. The largest absolute Gasteiger partial charge is 0.456 e. The van der Waals surface area contributed by atoms with Gasteiger partial charge in [0, 0.05) is 27.5 Å². The highest BCUT2D eigenvalue weighted by molar-refractivity contribution is 6.68. The molecule has 0 atom stereocenters. The minimum atomic E-state index is 0.174. The summed E-state index contributed by atoms with van der Waals surface area (Å²) in [5.41, 5.74) is 8.60. The third kappa shape index (κ3) is 5.07. The van der Waals surface area contributed by atoms with E-state index < -0.39 is 0 Å². The average molecular weight is 601 g/mol. The van der Waals surface area contributed by atoms with Crippen molar-refractivity contribution in [2.75, 3.05) is 0 Å². The van der Waals surface area contributed by atoms with E-state index in [4.69, 9.17) is 58.6 Å². The van der Waals surface area contributed by atoms with Gasteiger partial charge in [0.05, 0.1) is 0 Å². The minimum Gasteiger partial charge on any atom is -0.456 e. The van der Waals surface area contributed by atoms with Crippen LogP contribution in [0.2, 0.25) is 0 Å². The van der Waals surface area contributed by atoms with E-state index in [1.807, 2.05) is 97.1 Å². The number of rotatable bonds is 5. The maximum absolute atomic E-state index is 6.34. The highest BCUT2D eigenvalue weighted by Gasteiger charge is 2.19. The van der Waals surface area contributed by atoms with Gasteiger partial charge in [-0.2, -0.15) is 0 Å². The van der Waals surface area contributed by atoms with Crippen molar-refractivity contribution < 1.29 is 4.42 Å². The SMILES string of the molecule is [B]c1c([B])c([B])c(-c2ccc(-c3nc(-c4ccccc4)nc(-c4cccc5oc6ccc(-c7ccccc7)cc6c45)n3)cc2)c([B])c1[B]. The number of nitrogens with zero attached hydrogens (tertiary/aromatic N) is 3. The number of benzene rings is 6. The summed E-state index contributed by atoms with van der Waals surface area (Å²) in [6.45, 7) is 0. The standard InChI is InChI=1S/C39H20B5N3O/c40-32-30(33(41)35(43)36(44)34(32)42)22-14-16-24(17-15-22)38-45-37(23-10-5-2-6-11-23)46-39(47-38)26-12-7-13-29-31(26)27-20-25(18-19-28(27)48-29)21-8-3-1-4-9-21/h1-20H. The molecule has 0 bridgehead atoms. The molecule has 0 spiro atoms. The molecule has 212 valence electrons. The van der Waals surface area contributed by atoms with Crippen LogP contribution in [0.4, 0.5) is 0 Å². The number of fused-ring (bicyclic) bond motifs is 3. The van der Waals surface area contributed by atoms with Crippen molar-refractivity contribution in [3.63, 3.8) is 0 Å². The second-order valence-electron chi connectivity index (χ2n) is 11.6. The maximum atomic E-state index is 6.34. The van der Waals surface area contributed by atoms with Gasteiger partial charge >= 0.3 is 0 Å². The Hall–Kier alpha value is -5.55. The second kappa shape index (κ2) is 11.9. The van der Waals surface area contributed by atoms with E-state index in [1.54, 1.807) is 0 Å². The van der Waals surface area contributed by atoms with E-state index in [0.29, 0.717) is 23.0 Å². The Morgan fingerprint density at radius 2 is 0.917 bits per heavy atom. The zero-order chi connectivity index (χ0) is 32.9. The second-order valence-corrected chi connectivity index (χ2v) is 11.6. The lowest BCUT2D eigenvalue weighted by molar-refractivity contribution is 0.669. The monoisotopic (exact) mass is 601 g/mol. The van der Waals surface area contributed by atoms with Crippen molar-refractivity contribution in [1.29, 1.82) is 0 Å². The molecule has 0 fully saturated rings. The first-order valence-corrected chi connectivity index (χ1v) is 15.3. The third-order valence-electron chi connectivity index (χ3n) is 8.64. The molecule has 0 saturated heterocycles. The van der Waals surface area contributed by atoms with E-state index in [0.717, 1.165) is 55.3 Å². The van der Waals surface area contributed by atoms with Crippen LogP contribution in [-0.2, 0) is 0 Å². The fourth-order valence-corrected chi connectivity index (χ4v) is 6.11. The summed E-state index contributed by atoms with van der Waals surface area (Å²) in [6, 6.07) is 39.9. The molecule has 6 aromatic carbocycles. The Bertz CT molecular complexity index is 2470. The van der Waals surface area contributed by atoms with Crippen LogP contribution in [-0.4, -0.2) is 54.2 Å². The van der Waals surface area contributed by atoms with E-state index in [2.05, 4.69) is 24.3 Å². The Balaban J connectivity index is 1.30. The minimum absolute atomic E-state index is 0.174. The summed E-state index contributed by atoms with van der Waals surface area (Å²) in [7, 11) is 31.0. The van der Waals surface area contributed by atoms with Crippen molar-refractivity contribution >= 4 is 88.5 Å². The zero-order valence-electron chi connectivity index (χ0n) is 25.7. The summed E-state index contributed by atoms with van der Waals surface area (Å²) in [4.78, 5) is 14.9. The molecule has 8 aromatic rings. The molecule has 0 aliphatic rings. The highest BCUT2D eigenvalue weighted by Crippen LogP contribution is 2.38. The zero-order valence-corrected chi connectivity index (χ0v) is 25.7. The molecular formula is C39H20B5N3O. The van der Waals surface area contributed by atoms with Crippen LogP contribution in [0.15, 0.2) is 126 Å². The molecule has 2 aromatic heterocycles. The van der Waals surface area contributed by atoms with E-state index in [9.17, 15) is 0 Å². The summed E-state index contributed by atoms with van der Waals surface area (Å²) >= 11 is 0. The molecule has 0 aliphatic carbocycles. The Morgan fingerprint density at radius 3 is 1.56 bits per heavy atom. The van der Waals surface area contributed by atoms with Gasteiger partial charge in [-0.3, -0.25) is 0 Å². The summed E-state index contributed by atoms with van der Waals surface area (Å²) in [5, 5.41) is 1.91. The fraction of sp³-hybridized carbons (Fsp3) is 0. The molecule has 0 aliphatic heterocycles. The van der Waals surface area contributed by atoms with Crippen LogP contribution >= 0.6 is 0 Å². The van der Waals surface area contributed by atoms with Gasteiger partial charge in [0.25, 0.3) is 0 Å². The van der Waals surface area contributed by atoms with Gasteiger partial charge in [0.15, 0.2) is 17.5 Å². The molecule has 0 N–H and O–H groups in total. The fourth-order valence-electron chi connectivity index (χ4n) is 6.11. The molecule has 48 heavy (non-hydrogen) atoms. The van der Waals surface area contributed by atoms with Crippen LogP contribution < -0.4 is 27.3 Å². The highest BCUT2D eigenvalue weighted by atomic mass is 16.3. The smallest absolute Gasteiger partial charge is 0.164 e. The molecular weight excluding hydrogens is 581 g/mol. The van der Waals surface area contributed by atoms with Gasteiger partial charge in [-0.15, -0.1) is 16.4 Å². The van der Waals surface area contributed by atoms with Crippen molar-refractivity contribution in [3.05, 3.63) is 121 Å². The van der Waals surface area contributed by atoms with Gasteiger partial charge in [0.2, 0.25) is 0 Å². The Morgan fingerprint density at radius 1 is 0.396 bits per heavy atom. The van der Waals surface area contributed by atoms with Gasteiger partial charge in [0.1, 0.15) is 50.4 Å². The van der Waals surface area contributed by atoms with Crippen LogP contribution in [0, 0.1) is 0 Å².